The van der Waals surface area contributed by atoms with E-state index in [4.69, 9.17) is 5.73 Å². The van der Waals surface area contributed by atoms with Gasteiger partial charge >= 0.3 is 0 Å². The lowest BCUT2D eigenvalue weighted by Crippen LogP contribution is -2.02. The van der Waals surface area contributed by atoms with Crippen LogP contribution in [-0.2, 0) is 6.42 Å². The molecule has 3 N–H and O–H groups in total. The molecule has 0 saturated carbocycles. The second kappa shape index (κ2) is 5.76. The number of aromatic amines is 1. The molecule has 1 aromatic heterocycles. The van der Waals surface area contributed by atoms with Gasteiger partial charge in [0.2, 0.25) is 0 Å². The van der Waals surface area contributed by atoms with Crippen molar-refractivity contribution < 1.29 is 0 Å². The maximum absolute atomic E-state index is 5.74. The number of nitrogens with one attached hydrogen (secondary N) is 1. The van der Waals surface area contributed by atoms with Crippen LogP contribution in [0.1, 0.15) is 5.56 Å². The number of benzene rings is 2. The van der Waals surface area contributed by atoms with E-state index >= 15 is 0 Å². The van der Waals surface area contributed by atoms with Crippen molar-refractivity contribution in [2.24, 2.45) is 5.73 Å². The minimum absolute atomic E-state index is 0.659. The Morgan fingerprint density at radius 3 is 2.00 bits per heavy atom. The third-order valence-electron chi connectivity index (χ3n) is 3.46. The second-order valence-electron chi connectivity index (χ2n) is 4.85. The quantitative estimate of drug-likeness (QED) is 0.736. The van der Waals surface area contributed by atoms with Gasteiger partial charge in [0, 0.05) is 11.4 Å². The Kier molecular flexibility index (Phi) is 3.66. The van der Waals surface area contributed by atoms with Gasteiger partial charge in [0.05, 0.1) is 0 Å². The van der Waals surface area contributed by atoms with Crippen molar-refractivity contribution in [1.29, 1.82) is 0 Å². The van der Waals surface area contributed by atoms with E-state index in [1.165, 1.54) is 22.4 Å². The summed E-state index contributed by atoms with van der Waals surface area (Å²) in [5, 5.41) is 0. The van der Waals surface area contributed by atoms with E-state index in [-0.39, 0.29) is 0 Å². The molecule has 0 aliphatic rings. The molecule has 0 radical (unpaired) electrons. The zero-order valence-electron chi connectivity index (χ0n) is 11.3. The number of hydrogen-bond acceptors (Lipinski definition) is 1. The van der Waals surface area contributed by atoms with E-state index in [1.54, 1.807) is 0 Å². The summed E-state index contributed by atoms with van der Waals surface area (Å²) in [7, 11) is 0. The molecule has 2 heteroatoms. The maximum atomic E-state index is 5.74. The van der Waals surface area contributed by atoms with Crippen molar-refractivity contribution in [3.63, 3.8) is 0 Å². The van der Waals surface area contributed by atoms with Crippen LogP contribution in [0, 0.1) is 0 Å². The zero-order valence-corrected chi connectivity index (χ0v) is 11.3. The summed E-state index contributed by atoms with van der Waals surface area (Å²) in [6, 6.07) is 23.0. The fourth-order valence-corrected chi connectivity index (χ4v) is 2.49. The van der Waals surface area contributed by atoms with Gasteiger partial charge in [0.15, 0.2) is 0 Å². The van der Waals surface area contributed by atoms with Crippen molar-refractivity contribution in [2.75, 3.05) is 6.54 Å². The standard InChI is InChI=1S/C18H18N2/c19-12-11-16-13-17(14-7-3-1-4-8-14)20-18(16)15-9-5-2-6-10-15/h1-10,13,20H,11-12,19H2. The number of H-pyrrole nitrogens is 1. The molecule has 0 atom stereocenters. The lowest BCUT2D eigenvalue weighted by Gasteiger charge is -2.02. The van der Waals surface area contributed by atoms with Crippen molar-refractivity contribution in [1.82, 2.24) is 4.98 Å². The van der Waals surface area contributed by atoms with Gasteiger partial charge in [-0.1, -0.05) is 60.7 Å². The van der Waals surface area contributed by atoms with Crippen LogP contribution in [-0.4, -0.2) is 11.5 Å². The minimum atomic E-state index is 0.659. The Morgan fingerprint density at radius 1 is 0.800 bits per heavy atom. The third kappa shape index (κ3) is 2.51. The smallest absolute Gasteiger partial charge is 0.0491 e. The highest BCUT2D eigenvalue weighted by Crippen LogP contribution is 2.29. The SMILES string of the molecule is NCCc1cc(-c2ccccc2)[nH]c1-c1ccccc1. The zero-order chi connectivity index (χ0) is 13.8. The molecule has 3 aromatic rings. The molecule has 0 unspecified atom stereocenters. The molecule has 0 spiro atoms. The molecule has 0 bridgehead atoms. The summed E-state index contributed by atoms with van der Waals surface area (Å²) < 4.78 is 0. The van der Waals surface area contributed by atoms with Gasteiger partial charge in [0.1, 0.15) is 0 Å². The van der Waals surface area contributed by atoms with E-state index in [0.717, 1.165) is 12.1 Å². The monoisotopic (exact) mass is 262 g/mol. The molecule has 3 rings (SSSR count). The lowest BCUT2D eigenvalue weighted by atomic mass is 10.1. The van der Waals surface area contributed by atoms with Crippen LogP contribution in [0.25, 0.3) is 22.5 Å². The van der Waals surface area contributed by atoms with E-state index in [1.807, 2.05) is 12.1 Å². The highest BCUT2D eigenvalue weighted by molar-refractivity contribution is 5.71. The number of nitrogens with two attached hydrogens (primary N) is 1. The van der Waals surface area contributed by atoms with Crippen LogP contribution in [0.4, 0.5) is 0 Å². The van der Waals surface area contributed by atoms with Crippen LogP contribution < -0.4 is 5.73 Å². The van der Waals surface area contributed by atoms with Gasteiger partial charge in [0.25, 0.3) is 0 Å². The average molecular weight is 262 g/mol. The number of rotatable bonds is 4. The predicted octanol–water partition coefficient (Wildman–Crippen LogP) is 3.85. The Labute approximate surface area is 119 Å². The molecule has 2 aromatic carbocycles. The van der Waals surface area contributed by atoms with Crippen LogP contribution in [0.2, 0.25) is 0 Å². The fraction of sp³-hybridized carbons (Fsp3) is 0.111. The molecular formula is C18H18N2. The first-order valence-corrected chi connectivity index (χ1v) is 6.91. The van der Waals surface area contributed by atoms with E-state index in [2.05, 4.69) is 59.6 Å². The van der Waals surface area contributed by atoms with Gasteiger partial charge in [-0.2, -0.15) is 0 Å². The molecule has 0 fully saturated rings. The predicted molar refractivity (Wildman–Crippen MR) is 84.4 cm³/mol. The Morgan fingerprint density at radius 2 is 1.40 bits per heavy atom. The molecule has 0 aliphatic carbocycles. The topological polar surface area (TPSA) is 41.8 Å². The van der Waals surface area contributed by atoms with Crippen molar-refractivity contribution in [2.45, 2.75) is 6.42 Å². The fourth-order valence-electron chi connectivity index (χ4n) is 2.49. The van der Waals surface area contributed by atoms with Crippen LogP contribution in [0.15, 0.2) is 66.7 Å². The molecule has 2 nitrogen and oxygen atoms in total. The van der Waals surface area contributed by atoms with Gasteiger partial charge in [-0.3, -0.25) is 0 Å². The van der Waals surface area contributed by atoms with Gasteiger partial charge in [-0.15, -0.1) is 0 Å². The largest absolute Gasteiger partial charge is 0.354 e. The van der Waals surface area contributed by atoms with Crippen molar-refractivity contribution >= 4 is 0 Å². The molecule has 0 amide bonds. The first kappa shape index (κ1) is 12.7. The van der Waals surface area contributed by atoms with Crippen molar-refractivity contribution in [3.8, 4) is 22.5 Å². The Hall–Kier alpha value is -2.32. The summed E-state index contributed by atoms with van der Waals surface area (Å²) in [5.74, 6) is 0. The first-order chi connectivity index (χ1) is 9.88. The van der Waals surface area contributed by atoms with Gasteiger partial charge < -0.3 is 10.7 Å². The normalized spacial score (nSPS) is 10.7. The van der Waals surface area contributed by atoms with Crippen molar-refractivity contribution in [3.05, 3.63) is 72.3 Å². The maximum Gasteiger partial charge on any atom is 0.0491 e. The third-order valence-corrected chi connectivity index (χ3v) is 3.46. The number of hydrogen-bond donors (Lipinski definition) is 2. The molecular weight excluding hydrogens is 244 g/mol. The van der Waals surface area contributed by atoms with Crippen LogP contribution >= 0.6 is 0 Å². The average Bonchev–Trinajstić information content (AvgIpc) is 2.94. The van der Waals surface area contributed by atoms with Crippen LogP contribution in [0.5, 0.6) is 0 Å². The second-order valence-corrected chi connectivity index (χ2v) is 4.85. The lowest BCUT2D eigenvalue weighted by molar-refractivity contribution is 0.972. The highest BCUT2D eigenvalue weighted by Gasteiger charge is 2.10. The van der Waals surface area contributed by atoms with E-state index < -0.39 is 0 Å². The summed E-state index contributed by atoms with van der Waals surface area (Å²) >= 11 is 0. The Bertz CT molecular complexity index is 669. The summed E-state index contributed by atoms with van der Waals surface area (Å²) in [6.45, 7) is 0.659. The minimum Gasteiger partial charge on any atom is -0.354 e. The summed E-state index contributed by atoms with van der Waals surface area (Å²) in [4.78, 5) is 3.54. The molecule has 1 heterocycles. The van der Waals surface area contributed by atoms with Crippen LogP contribution in [0.3, 0.4) is 0 Å². The summed E-state index contributed by atoms with van der Waals surface area (Å²) in [5.41, 5.74) is 11.7. The molecule has 0 saturated heterocycles. The first-order valence-electron chi connectivity index (χ1n) is 6.91. The van der Waals surface area contributed by atoms with E-state index in [0.29, 0.717) is 6.54 Å². The highest BCUT2D eigenvalue weighted by atomic mass is 14.7. The Balaban J connectivity index is 2.08. The van der Waals surface area contributed by atoms with Gasteiger partial charge in [-0.05, 0) is 35.7 Å². The summed E-state index contributed by atoms with van der Waals surface area (Å²) in [6.07, 6.45) is 0.883. The number of aromatic nitrogens is 1. The molecule has 100 valence electrons. The molecule has 0 aliphatic heterocycles. The van der Waals surface area contributed by atoms with E-state index in [9.17, 15) is 0 Å². The molecule has 20 heavy (non-hydrogen) atoms. The van der Waals surface area contributed by atoms with Gasteiger partial charge in [-0.25, -0.2) is 0 Å².